The highest BCUT2D eigenvalue weighted by Gasteiger charge is 2.02. The Morgan fingerprint density at radius 2 is 2.05 bits per heavy atom. The van der Waals surface area contributed by atoms with Gasteiger partial charge >= 0.3 is 0 Å². The molecular weight excluding hydrogens is 264 g/mol. The predicted molar refractivity (Wildman–Crippen MR) is 84.7 cm³/mol. The third-order valence-electron chi connectivity index (χ3n) is 2.98. The Labute approximate surface area is 124 Å². The van der Waals surface area contributed by atoms with Crippen molar-refractivity contribution in [2.75, 3.05) is 12.8 Å². The van der Waals surface area contributed by atoms with E-state index in [0.29, 0.717) is 12.2 Å². The molecule has 4 nitrogen and oxygen atoms in total. The third-order valence-corrected chi connectivity index (χ3v) is 2.98. The number of nitrogen functional groups attached to an aromatic ring is 1. The molecule has 0 aliphatic heterocycles. The Morgan fingerprint density at radius 1 is 1.24 bits per heavy atom. The van der Waals surface area contributed by atoms with Gasteiger partial charge in [0.2, 0.25) is 5.91 Å². The summed E-state index contributed by atoms with van der Waals surface area (Å²) in [5.41, 5.74) is 8.18. The summed E-state index contributed by atoms with van der Waals surface area (Å²) in [7, 11) is 1.61. The molecule has 0 aliphatic carbocycles. The van der Waals surface area contributed by atoms with Crippen molar-refractivity contribution in [2.24, 2.45) is 0 Å². The molecule has 0 radical (unpaired) electrons. The van der Waals surface area contributed by atoms with Gasteiger partial charge in [-0.1, -0.05) is 30.3 Å². The van der Waals surface area contributed by atoms with Crippen molar-refractivity contribution in [3.05, 3.63) is 65.7 Å². The normalized spacial score (nSPS) is 10.5. The molecule has 0 unspecified atom stereocenters. The van der Waals surface area contributed by atoms with Crippen LogP contribution in [0.5, 0.6) is 5.75 Å². The molecule has 4 heteroatoms. The van der Waals surface area contributed by atoms with Crippen molar-refractivity contribution in [1.29, 1.82) is 0 Å². The SMILES string of the molecule is COc1ccccc1CNC(=O)/C=C/c1cccc(N)c1. The van der Waals surface area contributed by atoms with Crippen LogP contribution >= 0.6 is 0 Å². The summed E-state index contributed by atoms with van der Waals surface area (Å²) in [4.78, 5) is 11.8. The van der Waals surface area contributed by atoms with Crippen LogP contribution in [0.2, 0.25) is 0 Å². The number of amides is 1. The van der Waals surface area contributed by atoms with Crippen molar-refractivity contribution in [2.45, 2.75) is 6.54 Å². The second-order valence-electron chi connectivity index (χ2n) is 4.53. The number of carbonyl (C=O) groups excluding carboxylic acids is 1. The van der Waals surface area contributed by atoms with Crippen LogP contribution in [-0.2, 0) is 11.3 Å². The van der Waals surface area contributed by atoms with Crippen LogP contribution in [0.15, 0.2) is 54.6 Å². The third kappa shape index (κ3) is 4.38. The van der Waals surface area contributed by atoms with E-state index in [1.54, 1.807) is 19.3 Å². The number of nitrogens with two attached hydrogens (primary N) is 1. The first kappa shape index (κ1) is 14.7. The molecule has 0 fully saturated rings. The van der Waals surface area contributed by atoms with E-state index in [0.717, 1.165) is 16.9 Å². The van der Waals surface area contributed by atoms with Crippen LogP contribution in [-0.4, -0.2) is 13.0 Å². The summed E-state index contributed by atoms with van der Waals surface area (Å²) < 4.78 is 5.24. The molecule has 21 heavy (non-hydrogen) atoms. The van der Waals surface area contributed by atoms with E-state index in [1.807, 2.05) is 42.5 Å². The molecule has 2 aromatic carbocycles. The minimum Gasteiger partial charge on any atom is -0.496 e. The summed E-state index contributed by atoms with van der Waals surface area (Å²) in [5.74, 6) is 0.598. The molecule has 108 valence electrons. The van der Waals surface area contributed by atoms with Gasteiger partial charge in [0.05, 0.1) is 7.11 Å². The average Bonchev–Trinajstić information content (AvgIpc) is 2.51. The number of para-hydroxylation sites is 1. The van der Waals surface area contributed by atoms with Crippen LogP contribution in [0.25, 0.3) is 6.08 Å². The minimum absolute atomic E-state index is 0.164. The zero-order valence-corrected chi connectivity index (χ0v) is 11.9. The van der Waals surface area contributed by atoms with Gasteiger partial charge in [-0.15, -0.1) is 0 Å². The number of hydrogen-bond acceptors (Lipinski definition) is 3. The smallest absolute Gasteiger partial charge is 0.244 e. The van der Waals surface area contributed by atoms with Gasteiger partial charge in [-0.2, -0.15) is 0 Å². The molecule has 2 aromatic rings. The molecule has 0 bridgehead atoms. The first-order valence-corrected chi connectivity index (χ1v) is 6.62. The van der Waals surface area contributed by atoms with Crippen molar-refractivity contribution in [1.82, 2.24) is 5.32 Å². The lowest BCUT2D eigenvalue weighted by molar-refractivity contribution is -0.116. The van der Waals surface area contributed by atoms with Crippen LogP contribution in [0.4, 0.5) is 5.69 Å². The lowest BCUT2D eigenvalue weighted by atomic mass is 10.2. The van der Waals surface area contributed by atoms with E-state index >= 15 is 0 Å². The fraction of sp³-hybridized carbons (Fsp3) is 0.118. The molecule has 0 aromatic heterocycles. The van der Waals surface area contributed by atoms with Crippen molar-refractivity contribution in [3.63, 3.8) is 0 Å². The van der Waals surface area contributed by atoms with Crippen LogP contribution < -0.4 is 15.8 Å². The summed E-state index contributed by atoms with van der Waals surface area (Å²) >= 11 is 0. The molecule has 1 amide bonds. The topological polar surface area (TPSA) is 64.3 Å². The van der Waals surface area contributed by atoms with E-state index in [-0.39, 0.29) is 5.91 Å². The minimum atomic E-state index is -0.164. The van der Waals surface area contributed by atoms with Gasteiger partial charge < -0.3 is 15.8 Å². The number of hydrogen-bond donors (Lipinski definition) is 2. The Morgan fingerprint density at radius 3 is 2.81 bits per heavy atom. The van der Waals surface area contributed by atoms with E-state index in [2.05, 4.69) is 5.32 Å². The Kier molecular flexibility index (Phi) is 4.99. The standard InChI is InChI=1S/C17H18N2O2/c1-21-16-8-3-2-6-14(16)12-19-17(20)10-9-13-5-4-7-15(18)11-13/h2-11H,12,18H2,1H3,(H,19,20)/b10-9+. The van der Waals surface area contributed by atoms with Crippen LogP contribution in [0.1, 0.15) is 11.1 Å². The van der Waals surface area contributed by atoms with Crippen molar-refractivity contribution < 1.29 is 9.53 Å². The second kappa shape index (κ2) is 7.14. The zero-order valence-electron chi connectivity index (χ0n) is 11.9. The highest BCUT2D eigenvalue weighted by molar-refractivity contribution is 5.91. The molecule has 0 atom stereocenters. The first-order valence-electron chi connectivity index (χ1n) is 6.62. The van der Waals surface area contributed by atoms with Crippen LogP contribution in [0, 0.1) is 0 Å². The number of rotatable bonds is 5. The highest BCUT2D eigenvalue weighted by atomic mass is 16.5. The quantitative estimate of drug-likeness (QED) is 0.654. The maximum Gasteiger partial charge on any atom is 0.244 e. The fourth-order valence-corrected chi connectivity index (χ4v) is 1.92. The largest absolute Gasteiger partial charge is 0.496 e. The number of ether oxygens (including phenoxy) is 1. The Balaban J connectivity index is 1.93. The van der Waals surface area contributed by atoms with Gasteiger partial charge in [0.15, 0.2) is 0 Å². The Bertz CT molecular complexity index is 651. The zero-order chi connectivity index (χ0) is 15.1. The number of benzene rings is 2. The molecule has 0 spiro atoms. The lowest BCUT2D eigenvalue weighted by Gasteiger charge is -2.08. The molecule has 0 heterocycles. The van der Waals surface area contributed by atoms with E-state index in [4.69, 9.17) is 10.5 Å². The predicted octanol–water partition coefficient (Wildman–Crippen LogP) is 2.61. The van der Waals surface area contributed by atoms with Gasteiger partial charge in [0.25, 0.3) is 0 Å². The fourth-order valence-electron chi connectivity index (χ4n) is 1.92. The molecule has 3 N–H and O–H groups in total. The first-order chi connectivity index (χ1) is 10.2. The van der Waals surface area contributed by atoms with Gasteiger partial charge in [-0.3, -0.25) is 4.79 Å². The van der Waals surface area contributed by atoms with Gasteiger partial charge in [-0.25, -0.2) is 0 Å². The van der Waals surface area contributed by atoms with E-state index < -0.39 is 0 Å². The van der Waals surface area contributed by atoms with Crippen molar-refractivity contribution >= 4 is 17.7 Å². The molecule has 0 saturated carbocycles. The molecule has 0 saturated heterocycles. The molecular formula is C17H18N2O2. The van der Waals surface area contributed by atoms with E-state index in [1.165, 1.54) is 6.08 Å². The number of nitrogens with one attached hydrogen (secondary N) is 1. The summed E-state index contributed by atoms with van der Waals surface area (Å²) in [6.45, 7) is 0.421. The Hall–Kier alpha value is -2.75. The summed E-state index contributed by atoms with van der Waals surface area (Å²) in [6.07, 6.45) is 3.22. The van der Waals surface area contributed by atoms with Crippen molar-refractivity contribution in [3.8, 4) is 5.75 Å². The number of anilines is 1. The average molecular weight is 282 g/mol. The maximum absolute atomic E-state index is 11.8. The van der Waals surface area contributed by atoms with Gasteiger partial charge in [0.1, 0.15) is 5.75 Å². The summed E-state index contributed by atoms with van der Waals surface area (Å²) in [5, 5.41) is 2.82. The number of methoxy groups -OCH3 is 1. The van der Waals surface area contributed by atoms with E-state index in [9.17, 15) is 4.79 Å². The number of carbonyl (C=O) groups is 1. The summed E-state index contributed by atoms with van der Waals surface area (Å²) in [6, 6.07) is 14.9. The lowest BCUT2D eigenvalue weighted by Crippen LogP contribution is -2.20. The van der Waals surface area contributed by atoms with Gasteiger partial charge in [-0.05, 0) is 29.8 Å². The molecule has 0 aliphatic rings. The van der Waals surface area contributed by atoms with Gasteiger partial charge in [0, 0.05) is 23.9 Å². The highest BCUT2D eigenvalue weighted by Crippen LogP contribution is 2.16. The monoisotopic (exact) mass is 282 g/mol. The van der Waals surface area contributed by atoms with Crippen LogP contribution in [0.3, 0.4) is 0 Å². The molecule has 2 rings (SSSR count). The maximum atomic E-state index is 11.8. The second-order valence-corrected chi connectivity index (χ2v) is 4.53.